The molecule has 0 aliphatic carbocycles. The van der Waals surface area contributed by atoms with Crippen LogP contribution in [-0.4, -0.2) is 20.7 Å². The third kappa shape index (κ3) is 3.54. The molecule has 0 saturated heterocycles. The summed E-state index contributed by atoms with van der Waals surface area (Å²) >= 11 is 3.32. The van der Waals surface area contributed by atoms with Crippen LogP contribution in [0.5, 0.6) is 0 Å². The van der Waals surface area contributed by atoms with Crippen molar-refractivity contribution in [1.82, 2.24) is 14.8 Å². The maximum atomic E-state index is 12.3. The van der Waals surface area contributed by atoms with Crippen molar-refractivity contribution in [3.05, 3.63) is 70.1 Å². The number of aromatic nitrogens is 3. The minimum Gasteiger partial charge on any atom is -0.310 e. The Morgan fingerprint density at radius 3 is 2.58 bits per heavy atom. The number of hydrogen-bond donors (Lipinski definition) is 1. The standard InChI is InChI=1S/C18H17BrN4O/c1-12-16(10-18(24)21-17-9-8-14(19)11-20-17)13(2)23(22-12)15-6-4-3-5-7-15/h3-9,11H,10H2,1-2H3,(H,20,21,24). The number of nitrogens with zero attached hydrogens (tertiary/aromatic N) is 3. The summed E-state index contributed by atoms with van der Waals surface area (Å²) < 4.78 is 2.74. The van der Waals surface area contributed by atoms with Crippen molar-refractivity contribution in [2.75, 3.05) is 5.32 Å². The molecular formula is C18H17BrN4O. The van der Waals surface area contributed by atoms with Crippen molar-refractivity contribution in [2.24, 2.45) is 0 Å². The van der Waals surface area contributed by atoms with Gasteiger partial charge in [-0.05, 0) is 54.0 Å². The molecule has 0 aliphatic rings. The molecule has 24 heavy (non-hydrogen) atoms. The summed E-state index contributed by atoms with van der Waals surface area (Å²) in [7, 11) is 0. The Balaban J connectivity index is 1.79. The number of carbonyl (C=O) groups excluding carboxylic acids is 1. The fourth-order valence-corrected chi connectivity index (χ4v) is 2.78. The monoisotopic (exact) mass is 384 g/mol. The van der Waals surface area contributed by atoms with Gasteiger partial charge in [0.05, 0.1) is 17.8 Å². The molecule has 0 spiro atoms. The summed E-state index contributed by atoms with van der Waals surface area (Å²) in [6, 6.07) is 13.5. The van der Waals surface area contributed by atoms with Gasteiger partial charge in [0.2, 0.25) is 5.91 Å². The van der Waals surface area contributed by atoms with Crippen LogP contribution < -0.4 is 5.32 Å². The fourth-order valence-electron chi connectivity index (χ4n) is 2.55. The second kappa shape index (κ2) is 6.97. The number of aryl methyl sites for hydroxylation is 1. The second-order valence-electron chi connectivity index (χ2n) is 5.48. The highest BCUT2D eigenvalue weighted by Crippen LogP contribution is 2.19. The summed E-state index contributed by atoms with van der Waals surface area (Å²) in [5, 5.41) is 7.38. The van der Waals surface area contributed by atoms with E-state index in [1.54, 1.807) is 12.3 Å². The minimum absolute atomic E-state index is 0.108. The molecule has 0 radical (unpaired) electrons. The lowest BCUT2D eigenvalue weighted by atomic mass is 10.1. The molecule has 5 nitrogen and oxygen atoms in total. The SMILES string of the molecule is Cc1nn(-c2ccccc2)c(C)c1CC(=O)Nc1ccc(Br)cn1. The Bertz CT molecular complexity index is 857. The number of anilines is 1. The normalized spacial score (nSPS) is 10.6. The van der Waals surface area contributed by atoms with Gasteiger partial charge in [0.1, 0.15) is 5.82 Å². The Hall–Kier alpha value is -2.47. The van der Waals surface area contributed by atoms with Gasteiger partial charge in [0, 0.05) is 21.9 Å². The third-order valence-electron chi connectivity index (χ3n) is 3.77. The number of benzene rings is 1. The number of rotatable bonds is 4. The first-order valence-electron chi connectivity index (χ1n) is 7.56. The average Bonchev–Trinajstić information content (AvgIpc) is 2.86. The highest BCUT2D eigenvalue weighted by molar-refractivity contribution is 9.10. The number of nitrogens with one attached hydrogen (secondary N) is 1. The van der Waals surface area contributed by atoms with E-state index in [9.17, 15) is 4.79 Å². The zero-order valence-electron chi connectivity index (χ0n) is 13.5. The van der Waals surface area contributed by atoms with Gasteiger partial charge in [0.25, 0.3) is 0 Å². The molecule has 0 saturated carbocycles. The Morgan fingerprint density at radius 2 is 1.92 bits per heavy atom. The van der Waals surface area contributed by atoms with Crippen LogP contribution in [0.4, 0.5) is 5.82 Å². The van der Waals surface area contributed by atoms with E-state index in [2.05, 4.69) is 31.3 Å². The lowest BCUT2D eigenvalue weighted by Gasteiger charge is -2.06. The Kier molecular flexibility index (Phi) is 4.76. The molecule has 0 atom stereocenters. The molecule has 2 aromatic heterocycles. The van der Waals surface area contributed by atoms with Gasteiger partial charge < -0.3 is 5.32 Å². The van der Waals surface area contributed by atoms with E-state index in [0.29, 0.717) is 5.82 Å². The van der Waals surface area contributed by atoms with Gasteiger partial charge in [-0.15, -0.1) is 0 Å². The molecule has 0 fully saturated rings. The van der Waals surface area contributed by atoms with Crippen molar-refractivity contribution in [2.45, 2.75) is 20.3 Å². The molecule has 1 aromatic carbocycles. The number of carbonyl (C=O) groups is 1. The first-order valence-corrected chi connectivity index (χ1v) is 8.36. The third-order valence-corrected chi connectivity index (χ3v) is 4.24. The first kappa shape index (κ1) is 16.4. The quantitative estimate of drug-likeness (QED) is 0.743. The summed E-state index contributed by atoms with van der Waals surface area (Å²) in [6.07, 6.45) is 1.92. The van der Waals surface area contributed by atoms with Crippen molar-refractivity contribution in [3.8, 4) is 5.69 Å². The maximum absolute atomic E-state index is 12.3. The van der Waals surface area contributed by atoms with Gasteiger partial charge in [-0.25, -0.2) is 9.67 Å². The van der Waals surface area contributed by atoms with Crippen LogP contribution in [0.1, 0.15) is 17.0 Å². The molecule has 0 unspecified atom stereocenters. The van der Waals surface area contributed by atoms with E-state index in [1.165, 1.54) is 0 Å². The minimum atomic E-state index is -0.108. The first-order chi connectivity index (χ1) is 11.5. The predicted molar refractivity (Wildman–Crippen MR) is 97.3 cm³/mol. The summed E-state index contributed by atoms with van der Waals surface area (Å²) in [6.45, 7) is 3.90. The van der Waals surface area contributed by atoms with E-state index < -0.39 is 0 Å². The van der Waals surface area contributed by atoms with Gasteiger partial charge in [-0.3, -0.25) is 4.79 Å². The van der Waals surface area contributed by atoms with Crippen LogP contribution in [0.15, 0.2) is 53.1 Å². The molecule has 1 N–H and O–H groups in total. The smallest absolute Gasteiger partial charge is 0.230 e. The van der Waals surface area contributed by atoms with Crippen LogP contribution >= 0.6 is 15.9 Å². The van der Waals surface area contributed by atoms with Crippen molar-refractivity contribution in [3.63, 3.8) is 0 Å². The van der Waals surface area contributed by atoms with E-state index in [1.807, 2.05) is 54.9 Å². The van der Waals surface area contributed by atoms with Crippen LogP contribution in [0, 0.1) is 13.8 Å². The number of para-hydroxylation sites is 1. The molecule has 0 bridgehead atoms. The molecule has 1 amide bonds. The molecule has 3 aromatic rings. The van der Waals surface area contributed by atoms with Gasteiger partial charge in [-0.1, -0.05) is 18.2 Å². The van der Waals surface area contributed by atoms with Crippen molar-refractivity contribution < 1.29 is 4.79 Å². The molecule has 3 rings (SSSR count). The van der Waals surface area contributed by atoms with Crippen LogP contribution in [-0.2, 0) is 11.2 Å². The van der Waals surface area contributed by atoms with Gasteiger partial charge in [0.15, 0.2) is 0 Å². The zero-order chi connectivity index (χ0) is 17.1. The molecular weight excluding hydrogens is 368 g/mol. The van der Waals surface area contributed by atoms with Crippen molar-refractivity contribution >= 4 is 27.7 Å². The van der Waals surface area contributed by atoms with E-state index in [-0.39, 0.29) is 12.3 Å². The summed E-state index contributed by atoms with van der Waals surface area (Å²) in [5.41, 5.74) is 3.75. The predicted octanol–water partition coefficient (Wildman–Crippen LogP) is 3.83. The van der Waals surface area contributed by atoms with E-state index in [4.69, 9.17) is 0 Å². The molecule has 2 heterocycles. The lowest BCUT2D eigenvalue weighted by Crippen LogP contribution is -2.16. The number of hydrogen-bond acceptors (Lipinski definition) is 3. The highest BCUT2D eigenvalue weighted by atomic mass is 79.9. The molecule has 6 heteroatoms. The van der Waals surface area contributed by atoms with Gasteiger partial charge in [-0.2, -0.15) is 5.10 Å². The zero-order valence-corrected chi connectivity index (χ0v) is 15.0. The average molecular weight is 385 g/mol. The summed E-state index contributed by atoms with van der Waals surface area (Å²) in [5.74, 6) is 0.428. The van der Waals surface area contributed by atoms with Crippen LogP contribution in [0.25, 0.3) is 5.69 Å². The van der Waals surface area contributed by atoms with Crippen LogP contribution in [0.2, 0.25) is 0 Å². The maximum Gasteiger partial charge on any atom is 0.230 e. The number of amides is 1. The second-order valence-corrected chi connectivity index (χ2v) is 6.40. The van der Waals surface area contributed by atoms with Gasteiger partial charge >= 0.3 is 0 Å². The Morgan fingerprint density at radius 1 is 1.17 bits per heavy atom. The summed E-state index contributed by atoms with van der Waals surface area (Å²) in [4.78, 5) is 16.5. The van der Waals surface area contributed by atoms with Crippen molar-refractivity contribution in [1.29, 1.82) is 0 Å². The van der Waals surface area contributed by atoms with E-state index >= 15 is 0 Å². The largest absolute Gasteiger partial charge is 0.310 e. The Labute approximate surface area is 148 Å². The molecule has 0 aliphatic heterocycles. The highest BCUT2D eigenvalue weighted by Gasteiger charge is 2.16. The van der Waals surface area contributed by atoms with E-state index in [0.717, 1.165) is 27.1 Å². The topological polar surface area (TPSA) is 59.8 Å². The fraction of sp³-hybridized carbons (Fsp3) is 0.167. The number of halogens is 1. The van der Waals surface area contributed by atoms with Crippen LogP contribution in [0.3, 0.4) is 0 Å². The number of pyridine rings is 1. The molecule has 122 valence electrons. The lowest BCUT2D eigenvalue weighted by molar-refractivity contribution is -0.115.